The summed E-state index contributed by atoms with van der Waals surface area (Å²) in [6.45, 7) is 10.7. The fourth-order valence-electron chi connectivity index (χ4n) is 2.68. The maximum absolute atomic E-state index is 8.86. The largest absolute Gasteiger partial charge is 0.396 e. The van der Waals surface area contributed by atoms with Crippen LogP contribution in [0.1, 0.15) is 59.8 Å². The average molecular weight is 227 g/mol. The van der Waals surface area contributed by atoms with Crippen molar-refractivity contribution >= 4 is 0 Å². The third-order valence-electron chi connectivity index (χ3n) is 3.85. The van der Waals surface area contributed by atoms with Gasteiger partial charge in [-0.1, -0.05) is 27.7 Å². The molecule has 2 nitrogen and oxygen atoms in total. The van der Waals surface area contributed by atoms with Crippen molar-refractivity contribution in [2.45, 2.75) is 65.8 Å². The fourth-order valence-corrected chi connectivity index (χ4v) is 2.68. The summed E-state index contributed by atoms with van der Waals surface area (Å²) < 4.78 is 0. The van der Waals surface area contributed by atoms with Crippen molar-refractivity contribution in [3.05, 3.63) is 0 Å². The van der Waals surface area contributed by atoms with E-state index in [-0.39, 0.29) is 0 Å². The topological polar surface area (TPSA) is 32.3 Å². The quantitative estimate of drug-likeness (QED) is 0.731. The Balaban J connectivity index is 2.24. The van der Waals surface area contributed by atoms with Crippen LogP contribution in [0.3, 0.4) is 0 Å². The standard InChI is InChI=1S/C14H29NO/c1-13(2)8-6-12(10-13)15-11-14(3,4)7-5-9-16/h12,15-16H,5-11H2,1-4H3. The van der Waals surface area contributed by atoms with E-state index in [9.17, 15) is 0 Å². The second-order valence-electron chi connectivity index (χ2n) is 6.98. The second-order valence-corrected chi connectivity index (χ2v) is 6.98. The highest BCUT2D eigenvalue weighted by Gasteiger charge is 2.31. The SMILES string of the molecule is CC(C)(CCCO)CNC1CCC(C)(C)C1. The number of nitrogens with one attached hydrogen (secondary N) is 1. The lowest BCUT2D eigenvalue weighted by molar-refractivity contribution is 0.230. The predicted molar refractivity (Wildman–Crippen MR) is 69.5 cm³/mol. The third kappa shape index (κ3) is 4.84. The van der Waals surface area contributed by atoms with Crippen molar-refractivity contribution in [1.82, 2.24) is 5.32 Å². The number of aliphatic hydroxyl groups excluding tert-OH is 1. The van der Waals surface area contributed by atoms with Gasteiger partial charge in [-0.2, -0.15) is 0 Å². The van der Waals surface area contributed by atoms with Gasteiger partial charge in [0.1, 0.15) is 0 Å². The van der Waals surface area contributed by atoms with Crippen molar-refractivity contribution in [3.63, 3.8) is 0 Å². The van der Waals surface area contributed by atoms with Gasteiger partial charge in [0.15, 0.2) is 0 Å². The molecule has 0 radical (unpaired) electrons. The predicted octanol–water partition coefficient (Wildman–Crippen LogP) is 2.95. The molecule has 0 aromatic heterocycles. The van der Waals surface area contributed by atoms with E-state index in [1.54, 1.807) is 0 Å². The van der Waals surface area contributed by atoms with Gasteiger partial charge in [-0.25, -0.2) is 0 Å². The molecule has 2 N–H and O–H groups in total. The van der Waals surface area contributed by atoms with Gasteiger partial charge in [-0.15, -0.1) is 0 Å². The Morgan fingerprint density at radius 1 is 1.38 bits per heavy atom. The van der Waals surface area contributed by atoms with Gasteiger partial charge in [0.2, 0.25) is 0 Å². The van der Waals surface area contributed by atoms with Crippen LogP contribution >= 0.6 is 0 Å². The maximum atomic E-state index is 8.86. The zero-order chi connectivity index (χ0) is 12.2. The summed E-state index contributed by atoms with van der Waals surface area (Å²) in [6, 6.07) is 0.711. The van der Waals surface area contributed by atoms with Gasteiger partial charge in [-0.3, -0.25) is 0 Å². The molecule has 0 saturated heterocycles. The third-order valence-corrected chi connectivity index (χ3v) is 3.85. The Morgan fingerprint density at radius 3 is 2.56 bits per heavy atom. The Hall–Kier alpha value is -0.0800. The molecule has 1 saturated carbocycles. The first kappa shape index (κ1) is 14.0. The molecule has 1 atom stereocenters. The molecule has 1 unspecified atom stereocenters. The van der Waals surface area contributed by atoms with E-state index in [1.165, 1.54) is 19.3 Å². The van der Waals surface area contributed by atoms with Gasteiger partial charge < -0.3 is 10.4 Å². The van der Waals surface area contributed by atoms with Crippen molar-refractivity contribution in [3.8, 4) is 0 Å². The molecule has 2 heteroatoms. The monoisotopic (exact) mass is 227 g/mol. The highest BCUT2D eigenvalue weighted by molar-refractivity contribution is 4.87. The maximum Gasteiger partial charge on any atom is 0.0431 e. The van der Waals surface area contributed by atoms with Gasteiger partial charge in [0.25, 0.3) is 0 Å². The molecule has 1 rings (SSSR count). The molecule has 1 aliphatic carbocycles. The minimum absolute atomic E-state index is 0.315. The smallest absolute Gasteiger partial charge is 0.0431 e. The molecule has 0 aliphatic heterocycles. The number of aliphatic hydroxyl groups is 1. The Kier molecular flexibility index (Phi) is 4.81. The fraction of sp³-hybridized carbons (Fsp3) is 1.00. The zero-order valence-electron chi connectivity index (χ0n) is 11.5. The summed E-state index contributed by atoms with van der Waals surface area (Å²) in [5.41, 5.74) is 0.850. The van der Waals surface area contributed by atoms with E-state index in [0.29, 0.717) is 23.5 Å². The summed E-state index contributed by atoms with van der Waals surface area (Å²) in [4.78, 5) is 0. The lowest BCUT2D eigenvalue weighted by Gasteiger charge is -2.27. The van der Waals surface area contributed by atoms with Crippen molar-refractivity contribution in [2.24, 2.45) is 10.8 Å². The molecule has 0 spiro atoms. The summed E-state index contributed by atoms with van der Waals surface area (Å²) >= 11 is 0. The molecule has 0 aromatic carbocycles. The van der Waals surface area contributed by atoms with E-state index in [2.05, 4.69) is 33.0 Å². The van der Waals surface area contributed by atoms with Crippen LogP contribution in [0.4, 0.5) is 0 Å². The molecule has 0 aromatic rings. The summed E-state index contributed by atoms with van der Waals surface area (Å²) in [5.74, 6) is 0. The van der Waals surface area contributed by atoms with E-state index < -0.39 is 0 Å². The summed E-state index contributed by atoms with van der Waals surface area (Å²) in [5, 5.41) is 12.6. The average Bonchev–Trinajstić information content (AvgIpc) is 2.53. The highest BCUT2D eigenvalue weighted by Crippen LogP contribution is 2.37. The number of hydrogen-bond acceptors (Lipinski definition) is 2. The Bertz CT molecular complexity index is 211. The van der Waals surface area contributed by atoms with Crippen LogP contribution in [-0.4, -0.2) is 24.3 Å². The summed E-state index contributed by atoms with van der Waals surface area (Å²) in [6.07, 6.45) is 6.01. The van der Waals surface area contributed by atoms with Crippen LogP contribution in [0.2, 0.25) is 0 Å². The lowest BCUT2D eigenvalue weighted by Crippen LogP contribution is -2.36. The molecule has 1 aliphatic rings. The molecule has 1 fully saturated rings. The van der Waals surface area contributed by atoms with E-state index in [1.807, 2.05) is 0 Å². The van der Waals surface area contributed by atoms with Gasteiger partial charge in [0.05, 0.1) is 0 Å². The van der Waals surface area contributed by atoms with Gasteiger partial charge >= 0.3 is 0 Å². The molecule has 16 heavy (non-hydrogen) atoms. The number of rotatable bonds is 6. The lowest BCUT2D eigenvalue weighted by atomic mass is 9.87. The van der Waals surface area contributed by atoms with Gasteiger partial charge in [-0.05, 0) is 42.9 Å². The van der Waals surface area contributed by atoms with E-state index >= 15 is 0 Å². The van der Waals surface area contributed by atoms with E-state index in [4.69, 9.17) is 5.11 Å². The normalized spacial score (nSPS) is 24.9. The first-order chi connectivity index (χ1) is 7.35. The van der Waals surface area contributed by atoms with Crippen LogP contribution in [0, 0.1) is 10.8 Å². The number of hydrogen-bond donors (Lipinski definition) is 2. The minimum atomic E-state index is 0.315. The van der Waals surface area contributed by atoms with Crippen LogP contribution in [0.5, 0.6) is 0 Å². The van der Waals surface area contributed by atoms with Crippen LogP contribution in [0.15, 0.2) is 0 Å². The second kappa shape index (κ2) is 5.50. The van der Waals surface area contributed by atoms with Crippen LogP contribution in [0.25, 0.3) is 0 Å². The molecule has 96 valence electrons. The molecular formula is C14H29NO. The first-order valence-electron chi connectivity index (χ1n) is 6.69. The first-order valence-corrected chi connectivity index (χ1v) is 6.69. The van der Waals surface area contributed by atoms with Crippen LogP contribution < -0.4 is 5.32 Å². The van der Waals surface area contributed by atoms with Gasteiger partial charge in [0, 0.05) is 19.2 Å². The Labute approximate surface area is 101 Å². The van der Waals surface area contributed by atoms with Crippen molar-refractivity contribution in [2.75, 3.05) is 13.2 Å². The minimum Gasteiger partial charge on any atom is -0.396 e. The molecule has 0 bridgehead atoms. The molecular weight excluding hydrogens is 198 g/mol. The van der Waals surface area contributed by atoms with Crippen LogP contribution in [-0.2, 0) is 0 Å². The molecule has 0 heterocycles. The summed E-state index contributed by atoms with van der Waals surface area (Å²) in [7, 11) is 0. The van der Waals surface area contributed by atoms with Crippen molar-refractivity contribution in [1.29, 1.82) is 0 Å². The zero-order valence-corrected chi connectivity index (χ0v) is 11.5. The van der Waals surface area contributed by atoms with Crippen molar-refractivity contribution < 1.29 is 5.11 Å². The Morgan fingerprint density at radius 2 is 2.06 bits per heavy atom. The highest BCUT2D eigenvalue weighted by atomic mass is 16.2. The van der Waals surface area contributed by atoms with E-state index in [0.717, 1.165) is 19.4 Å². The molecule has 0 amide bonds.